The first-order valence-corrected chi connectivity index (χ1v) is 11.3. The molecule has 1 amide bonds. The van der Waals surface area contributed by atoms with E-state index in [1.165, 1.54) is 0 Å². The molecular formula is C24H33N5O2. The quantitative estimate of drug-likeness (QED) is 0.768. The summed E-state index contributed by atoms with van der Waals surface area (Å²) in [4.78, 5) is 36.0. The lowest BCUT2D eigenvalue weighted by Crippen LogP contribution is -2.51. The number of hydrogen-bond donors (Lipinski definition) is 1. The number of Topliss-reactive ketones (excluding diaryl/α,β-unsaturated/α-hetero) is 1. The maximum atomic E-state index is 12.9. The molecule has 1 fully saturated rings. The smallest absolute Gasteiger partial charge is 0.241 e. The van der Waals surface area contributed by atoms with Crippen LogP contribution in [0, 0.1) is 0 Å². The van der Waals surface area contributed by atoms with Crippen molar-refractivity contribution in [3.63, 3.8) is 0 Å². The second-order valence-corrected chi connectivity index (χ2v) is 8.96. The van der Waals surface area contributed by atoms with Crippen LogP contribution < -0.4 is 5.32 Å². The molecule has 7 nitrogen and oxygen atoms in total. The summed E-state index contributed by atoms with van der Waals surface area (Å²) in [6.07, 6.45) is 0.813. The lowest BCUT2D eigenvalue weighted by molar-refractivity contribution is -0.131. The number of nitrogens with zero attached hydrogens (tertiary/aromatic N) is 4. The van der Waals surface area contributed by atoms with E-state index in [9.17, 15) is 9.59 Å². The third-order valence-corrected chi connectivity index (χ3v) is 6.39. The maximum Gasteiger partial charge on any atom is 0.241 e. The zero-order chi connectivity index (χ0) is 22.0. The molecule has 0 saturated carbocycles. The van der Waals surface area contributed by atoms with E-state index in [2.05, 4.69) is 35.0 Å². The van der Waals surface area contributed by atoms with Crippen molar-refractivity contribution >= 4 is 28.3 Å². The van der Waals surface area contributed by atoms with Crippen LogP contribution in [-0.4, -0.2) is 83.2 Å². The molecule has 1 aromatic carbocycles. The number of amides is 1. The Labute approximate surface area is 184 Å². The first-order valence-electron chi connectivity index (χ1n) is 11.3. The monoisotopic (exact) mass is 423 g/mol. The number of hydrogen-bond acceptors (Lipinski definition) is 6. The number of carbonyl (C=O) groups is 2. The van der Waals surface area contributed by atoms with Crippen LogP contribution >= 0.6 is 0 Å². The Hall–Kier alpha value is -2.51. The van der Waals surface area contributed by atoms with Crippen LogP contribution in [-0.2, 0) is 22.6 Å². The van der Waals surface area contributed by atoms with Gasteiger partial charge in [0.05, 0.1) is 24.3 Å². The summed E-state index contributed by atoms with van der Waals surface area (Å²) in [5, 5.41) is 4.50. The van der Waals surface area contributed by atoms with Gasteiger partial charge in [0, 0.05) is 68.4 Å². The molecule has 0 aliphatic carbocycles. The van der Waals surface area contributed by atoms with Crippen LogP contribution in [0.25, 0.3) is 10.9 Å². The Kier molecular flexibility index (Phi) is 6.53. The van der Waals surface area contributed by atoms with Crippen molar-refractivity contribution in [3.8, 4) is 0 Å². The van der Waals surface area contributed by atoms with Gasteiger partial charge in [0.15, 0.2) is 0 Å². The molecule has 1 aromatic heterocycles. The number of nitrogens with one attached hydrogen (secondary N) is 1. The molecule has 1 N–H and O–H groups in total. The summed E-state index contributed by atoms with van der Waals surface area (Å²) in [6, 6.07) is 8.60. The summed E-state index contributed by atoms with van der Waals surface area (Å²) < 4.78 is 0. The molecule has 7 heteroatoms. The fourth-order valence-corrected chi connectivity index (χ4v) is 4.66. The fraction of sp³-hybridized carbons (Fsp3) is 0.542. The van der Waals surface area contributed by atoms with Gasteiger partial charge in [-0.25, -0.2) is 0 Å². The average molecular weight is 424 g/mol. The third kappa shape index (κ3) is 4.88. The molecule has 1 saturated heterocycles. The molecule has 0 bridgehead atoms. The number of ketones is 1. The number of fused-ring (bicyclic) bond motifs is 2. The highest BCUT2D eigenvalue weighted by molar-refractivity contribution is 5.95. The van der Waals surface area contributed by atoms with E-state index < -0.39 is 0 Å². The highest BCUT2D eigenvalue weighted by Gasteiger charge is 2.25. The largest absolute Gasteiger partial charge is 0.375 e. The summed E-state index contributed by atoms with van der Waals surface area (Å²) in [6.45, 7) is 11.7. The van der Waals surface area contributed by atoms with Gasteiger partial charge in [0.25, 0.3) is 0 Å². The second kappa shape index (κ2) is 9.32. The van der Waals surface area contributed by atoms with E-state index in [1.807, 2.05) is 23.1 Å². The van der Waals surface area contributed by atoms with Gasteiger partial charge < -0.3 is 10.2 Å². The number of aromatic nitrogens is 1. The number of pyridine rings is 1. The first-order chi connectivity index (χ1) is 14.9. The van der Waals surface area contributed by atoms with Crippen LogP contribution in [0.1, 0.15) is 32.0 Å². The molecule has 0 spiro atoms. The van der Waals surface area contributed by atoms with Crippen LogP contribution in [0.15, 0.2) is 24.3 Å². The molecule has 2 aromatic rings. The van der Waals surface area contributed by atoms with Crippen LogP contribution in [0.3, 0.4) is 0 Å². The standard InChI is InChI=1S/C24H33N5O2/c1-17(2)28-10-12-29(13-11-28)23(31)14-25-24-19-6-4-5-7-21(19)26-22-8-9-27(15-18(3)30)16-20(22)24/h4-7,17H,8-16H2,1-3H3,(H,25,26). The minimum absolute atomic E-state index is 0.134. The predicted molar refractivity (Wildman–Crippen MR) is 123 cm³/mol. The number of benzene rings is 1. The van der Waals surface area contributed by atoms with E-state index in [1.54, 1.807) is 6.92 Å². The normalized spacial score (nSPS) is 17.7. The SMILES string of the molecule is CC(=O)CN1CCc2nc3ccccc3c(NCC(=O)N3CCN(C(C)C)CC3)c2C1. The van der Waals surface area contributed by atoms with Crippen LogP contribution in [0.5, 0.6) is 0 Å². The van der Waals surface area contributed by atoms with E-state index in [-0.39, 0.29) is 18.2 Å². The molecular weight excluding hydrogens is 390 g/mol. The molecule has 31 heavy (non-hydrogen) atoms. The van der Waals surface area contributed by atoms with Gasteiger partial charge in [0.2, 0.25) is 5.91 Å². The molecule has 4 rings (SSSR count). The fourth-order valence-electron chi connectivity index (χ4n) is 4.66. The number of rotatable bonds is 6. The number of piperazine rings is 1. The second-order valence-electron chi connectivity index (χ2n) is 8.96. The van der Waals surface area contributed by atoms with Crippen molar-refractivity contribution in [1.29, 1.82) is 0 Å². The van der Waals surface area contributed by atoms with Gasteiger partial charge in [-0.15, -0.1) is 0 Å². The van der Waals surface area contributed by atoms with Gasteiger partial charge >= 0.3 is 0 Å². The Balaban J connectivity index is 1.53. The van der Waals surface area contributed by atoms with Gasteiger partial charge in [-0.3, -0.25) is 24.4 Å². The molecule has 3 heterocycles. The molecule has 166 valence electrons. The van der Waals surface area contributed by atoms with Crippen molar-refractivity contribution < 1.29 is 9.59 Å². The number of anilines is 1. The zero-order valence-electron chi connectivity index (χ0n) is 18.9. The van der Waals surface area contributed by atoms with E-state index in [4.69, 9.17) is 4.98 Å². The highest BCUT2D eigenvalue weighted by Crippen LogP contribution is 2.32. The molecule has 0 unspecified atom stereocenters. The Bertz CT molecular complexity index is 966. The third-order valence-electron chi connectivity index (χ3n) is 6.39. The van der Waals surface area contributed by atoms with Gasteiger partial charge in [-0.2, -0.15) is 0 Å². The lowest BCUT2D eigenvalue weighted by Gasteiger charge is -2.37. The predicted octanol–water partition coefficient (Wildman–Crippen LogP) is 2.15. The van der Waals surface area contributed by atoms with Crippen molar-refractivity contribution in [3.05, 3.63) is 35.5 Å². The van der Waals surface area contributed by atoms with E-state index >= 15 is 0 Å². The maximum absolute atomic E-state index is 12.9. The molecule has 2 aliphatic heterocycles. The molecule has 2 aliphatic rings. The molecule has 0 radical (unpaired) electrons. The lowest BCUT2D eigenvalue weighted by atomic mass is 9.99. The number of carbonyl (C=O) groups excluding carboxylic acids is 2. The Morgan fingerprint density at radius 3 is 2.55 bits per heavy atom. The topological polar surface area (TPSA) is 68.8 Å². The summed E-state index contributed by atoms with van der Waals surface area (Å²) >= 11 is 0. The van der Waals surface area contributed by atoms with E-state index in [0.717, 1.165) is 67.0 Å². The van der Waals surface area contributed by atoms with Crippen LogP contribution in [0.4, 0.5) is 5.69 Å². The summed E-state index contributed by atoms with van der Waals surface area (Å²) in [7, 11) is 0. The van der Waals surface area contributed by atoms with Crippen molar-refractivity contribution in [1.82, 2.24) is 19.7 Å². The van der Waals surface area contributed by atoms with Gasteiger partial charge in [0.1, 0.15) is 5.78 Å². The van der Waals surface area contributed by atoms with E-state index in [0.29, 0.717) is 19.1 Å². The molecule has 0 atom stereocenters. The highest BCUT2D eigenvalue weighted by atomic mass is 16.2. The summed E-state index contributed by atoms with van der Waals surface area (Å²) in [5.74, 6) is 0.303. The number of para-hydroxylation sites is 1. The van der Waals surface area contributed by atoms with Crippen molar-refractivity contribution in [2.24, 2.45) is 0 Å². The van der Waals surface area contributed by atoms with Crippen molar-refractivity contribution in [2.75, 3.05) is 51.1 Å². The van der Waals surface area contributed by atoms with Crippen LogP contribution in [0.2, 0.25) is 0 Å². The zero-order valence-corrected chi connectivity index (χ0v) is 18.9. The Morgan fingerprint density at radius 2 is 1.84 bits per heavy atom. The first kappa shape index (κ1) is 21.7. The minimum atomic E-state index is 0.134. The minimum Gasteiger partial charge on any atom is -0.375 e. The van der Waals surface area contributed by atoms with Gasteiger partial charge in [-0.05, 0) is 26.8 Å². The summed E-state index contributed by atoms with van der Waals surface area (Å²) in [5.41, 5.74) is 4.12. The average Bonchev–Trinajstić information content (AvgIpc) is 2.76. The Morgan fingerprint density at radius 1 is 1.10 bits per heavy atom. The van der Waals surface area contributed by atoms with Gasteiger partial charge in [-0.1, -0.05) is 18.2 Å². The van der Waals surface area contributed by atoms with Crippen molar-refractivity contribution in [2.45, 2.75) is 39.8 Å².